The quantitative estimate of drug-likeness (QED) is 0.435. The van der Waals surface area contributed by atoms with Crippen LogP contribution < -0.4 is 5.32 Å². The Hall–Kier alpha value is -2.74. The van der Waals surface area contributed by atoms with Crippen LogP contribution in [0.3, 0.4) is 0 Å². The first-order chi connectivity index (χ1) is 10.1. The van der Waals surface area contributed by atoms with Crippen LogP contribution in [0.1, 0.15) is 5.56 Å². The van der Waals surface area contributed by atoms with E-state index in [4.69, 9.17) is 11.6 Å². The van der Waals surface area contributed by atoms with Crippen molar-refractivity contribution in [3.8, 4) is 0 Å². The molecule has 0 aliphatic rings. The molecule has 8 nitrogen and oxygen atoms in total. The van der Waals surface area contributed by atoms with Crippen LogP contribution in [0.15, 0.2) is 30.5 Å². The monoisotopic (exact) mass is 304 g/mol. The van der Waals surface area contributed by atoms with Gasteiger partial charge >= 0.3 is 0 Å². The number of halogens is 1. The van der Waals surface area contributed by atoms with Crippen LogP contribution in [0.4, 0.5) is 11.5 Å². The third kappa shape index (κ3) is 2.61. The van der Waals surface area contributed by atoms with E-state index in [2.05, 4.69) is 25.5 Å². The average Bonchev–Trinajstić information content (AvgIpc) is 2.93. The summed E-state index contributed by atoms with van der Waals surface area (Å²) < 4.78 is 0. The number of nitrogens with zero attached hydrogens (tertiary/aromatic N) is 4. The molecule has 0 radical (unpaired) electrons. The summed E-state index contributed by atoms with van der Waals surface area (Å²) >= 11 is 5.83. The SMILES string of the molecule is O=[N+]([O-])c1ccccc1CNc1nc(Cl)nc2[nH]ncc12. The average molecular weight is 305 g/mol. The zero-order valence-electron chi connectivity index (χ0n) is 10.6. The number of fused-ring (bicyclic) bond motifs is 1. The molecule has 0 saturated carbocycles. The Bertz CT molecular complexity index is 818. The van der Waals surface area contributed by atoms with Gasteiger partial charge in [0.2, 0.25) is 5.28 Å². The van der Waals surface area contributed by atoms with Gasteiger partial charge in [-0.1, -0.05) is 18.2 Å². The number of para-hydroxylation sites is 1. The summed E-state index contributed by atoms with van der Waals surface area (Å²) in [5.74, 6) is 0.469. The molecule has 21 heavy (non-hydrogen) atoms. The molecule has 0 atom stereocenters. The van der Waals surface area contributed by atoms with Gasteiger partial charge < -0.3 is 5.32 Å². The topological polar surface area (TPSA) is 110 Å². The van der Waals surface area contributed by atoms with Gasteiger partial charge in [0.15, 0.2) is 5.65 Å². The van der Waals surface area contributed by atoms with E-state index >= 15 is 0 Å². The summed E-state index contributed by atoms with van der Waals surface area (Å²) in [5.41, 5.74) is 1.10. The van der Waals surface area contributed by atoms with Gasteiger partial charge in [-0.05, 0) is 11.6 Å². The molecule has 0 fully saturated rings. The van der Waals surface area contributed by atoms with E-state index in [0.29, 0.717) is 22.4 Å². The van der Waals surface area contributed by atoms with Gasteiger partial charge in [0.25, 0.3) is 5.69 Å². The highest BCUT2D eigenvalue weighted by Crippen LogP contribution is 2.23. The number of nitro benzene ring substituents is 1. The molecule has 9 heteroatoms. The van der Waals surface area contributed by atoms with Crippen molar-refractivity contribution < 1.29 is 4.92 Å². The Kier molecular flexibility index (Phi) is 3.36. The highest BCUT2D eigenvalue weighted by molar-refractivity contribution is 6.28. The number of H-pyrrole nitrogens is 1. The molecule has 0 aliphatic heterocycles. The van der Waals surface area contributed by atoms with Crippen molar-refractivity contribution in [3.05, 3.63) is 51.4 Å². The Morgan fingerprint density at radius 3 is 2.95 bits per heavy atom. The summed E-state index contributed by atoms with van der Waals surface area (Å²) in [6.45, 7) is 0.241. The van der Waals surface area contributed by atoms with Gasteiger partial charge in [-0.25, -0.2) is 0 Å². The van der Waals surface area contributed by atoms with Gasteiger partial charge in [-0.3, -0.25) is 15.2 Å². The first kappa shape index (κ1) is 13.3. The van der Waals surface area contributed by atoms with Gasteiger partial charge in [0.05, 0.1) is 16.5 Å². The Labute approximate surface area is 123 Å². The minimum absolute atomic E-state index is 0.0496. The van der Waals surface area contributed by atoms with Gasteiger partial charge in [0.1, 0.15) is 5.82 Å². The molecule has 1 aromatic carbocycles. The predicted molar refractivity (Wildman–Crippen MR) is 77.1 cm³/mol. The maximum atomic E-state index is 11.0. The number of nitro groups is 1. The lowest BCUT2D eigenvalue weighted by molar-refractivity contribution is -0.385. The van der Waals surface area contributed by atoms with E-state index in [1.165, 1.54) is 6.07 Å². The number of anilines is 1. The van der Waals surface area contributed by atoms with Crippen LogP contribution >= 0.6 is 11.6 Å². The summed E-state index contributed by atoms with van der Waals surface area (Å²) in [7, 11) is 0. The maximum absolute atomic E-state index is 11.0. The number of hydrogen-bond donors (Lipinski definition) is 2. The van der Waals surface area contributed by atoms with Crippen LogP contribution in [-0.4, -0.2) is 25.1 Å². The highest BCUT2D eigenvalue weighted by atomic mass is 35.5. The third-order valence-corrected chi connectivity index (χ3v) is 3.09. The van der Waals surface area contributed by atoms with Crippen molar-refractivity contribution in [2.75, 3.05) is 5.32 Å². The second-order valence-corrected chi connectivity index (χ2v) is 4.55. The van der Waals surface area contributed by atoms with Crippen LogP contribution in [0.5, 0.6) is 0 Å². The Morgan fingerprint density at radius 1 is 1.33 bits per heavy atom. The fourth-order valence-electron chi connectivity index (χ4n) is 1.96. The molecule has 0 bridgehead atoms. The molecule has 0 spiro atoms. The standard InChI is InChI=1S/C12H9ClN6O2/c13-12-16-10(8-6-15-18-11(8)17-12)14-5-7-3-1-2-4-9(7)19(20)21/h1-4,6H,5H2,(H2,14,15,16,17,18). The number of hydrogen-bond acceptors (Lipinski definition) is 6. The smallest absolute Gasteiger partial charge is 0.274 e. The summed E-state index contributed by atoms with van der Waals surface area (Å²) in [6.07, 6.45) is 1.56. The van der Waals surface area contributed by atoms with Crippen molar-refractivity contribution in [2.24, 2.45) is 0 Å². The normalized spacial score (nSPS) is 10.7. The molecule has 2 N–H and O–H groups in total. The zero-order valence-corrected chi connectivity index (χ0v) is 11.3. The predicted octanol–water partition coefficient (Wildman–Crippen LogP) is 2.53. The van der Waals surface area contributed by atoms with Crippen LogP contribution in [-0.2, 0) is 6.54 Å². The van der Waals surface area contributed by atoms with E-state index in [1.807, 2.05) is 0 Å². The molecular weight excluding hydrogens is 296 g/mol. The molecule has 2 aromatic heterocycles. The first-order valence-electron chi connectivity index (χ1n) is 5.98. The van der Waals surface area contributed by atoms with E-state index in [0.717, 1.165) is 0 Å². The lowest BCUT2D eigenvalue weighted by Crippen LogP contribution is -2.05. The number of aromatic nitrogens is 4. The van der Waals surface area contributed by atoms with Crippen molar-refractivity contribution in [1.29, 1.82) is 0 Å². The van der Waals surface area contributed by atoms with Gasteiger partial charge in [-0.15, -0.1) is 0 Å². The van der Waals surface area contributed by atoms with E-state index in [1.54, 1.807) is 24.4 Å². The summed E-state index contributed by atoms with van der Waals surface area (Å²) in [4.78, 5) is 18.6. The fourth-order valence-corrected chi connectivity index (χ4v) is 2.13. The lowest BCUT2D eigenvalue weighted by Gasteiger charge is -2.07. The van der Waals surface area contributed by atoms with Crippen molar-refractivity contribution >= 4 is 34.1 Å². The van der Waals surface area contributed by atoms with E-state index in [-0.39, 0.29) is 17.5 Å². The number of benzene rings is 1. The largest absolute Gasteiger partial charge is 0.365 e. The first-order valence-corrected chi connectivity index (χ1v) is 6.36. The van der Waals surface area contributed by atoms with Crippen LogP contribution in [0, 0.1) is 10.1 Å². The fraction of sp³-hybridized carbons (Fsp3) is 0.0833. The zero-order chi connectivity index (χ0) is 14.8. The molecule has 106 valence electrons. The molecule has 3 rings (SSSR count). The Balaban J connectivity index is 1.90. The number of nitrogens with one attached hydrogen (secondary N) is 2. The Morgan fingerprint density at radius 2 is 2.14 bits per heavy atom. The van der Waals surface area contributed by atoms with Gasteiger partial charge in [0, 0.05) is 18.2 Å². The minimum Gasteiger partial charge on any atom is -0.365 e. The molecule has 0 unspecified atom stereocenters. The second kappa shape index (κ2) is 5.33. The third-order valence-electron chi connectivity index (χ3n) is 2.92. The molecule has 3 aromatic rings. The maximum Gasteiger partial charge on any atom is 0.274 e. The number of aromatic amines is 1. The van der Waals surface area contributed by atoms with Crippen LogP contribution in [0.25, 0.3) is 11.0 Å². The van der Waals surface area contributed by atoms with Crippen molar-refractivity contribution in [2.45, 2.75) is 6.54 Å². The summed E-state index contributed by atoms with van der Waals surface area (Å²) in [5, 5.41) is 21.3. The van der Waals surface area contributed by atoms with E-state index < -0.39 is 4.92 Å². The van der Waals surface area contributed by atoms with Crippen LogP contribution in [0.2, 0.25) is 5.28 Å². The highest BCUT2D eigenvalue weighted by Gasteiger charge is 2.13. The molecule has 0 amide bonds. The van der Waals surface area contributed by atoms with Crippen molar-refractivity contribution in [1.82, 2.24) is 20.2 Å². The van der Waals surface area contributed by atoms with Gasteiger partial charge in [-0.2, -0.15) is 15.1 Å². The summed E-state index contributed by atoms with van der Waals surface area (Å²) in [6, 6.07) is 6.50. The second-order valence-electron chi connectivity index (χ2n) is 4.21. The lowest BCUT2D eigenvalue weighted by atomic mass is 10.2. The number of rotatable bonds is 4. The molecule has 0 aliphatic carbocycles. The molecular formula is C12H9ClN6O2. The molecule has 2 heterocycles. The minimum atomic E-state index is -0.419. The molecule has 0 saturated heterocycles. The van der Waals surface area contributed by atoms with E-state index in [9.17, 15) is 10.1 Å². The van der Waals surface area contributed by atoms with Crippen molar-refractivity contribution in [3.63, 3.8) is 0 Å².